The summed E-state index contributed by atoms with van der Waals surface area (Å²) in [6.45, 7) is 1.31. The Morgan fingerprint density at radius 3 is 2.85 bits per heavy atom. The number of nitrogens with one attached hydrogen (secondary N) is 2. The molecule has 3 heterocycles. The second-order valence-corrected chi connectivity index (χ2v) is 7.92. The Bertz CT molecular complexity index is 928. The lowest BCUT2D eigenvalue weighted by Gasteiger charge is -2.37. The summed E-state index contributed by atoms with van der Waals surface area (Å²) in [5.41, 5.74) is 1.65. The van der Waals surface area contributed by atoms with Crippen molar-refractivity contribution in [2.24, 2.45) is 5.92 Å². The molecule has 26 heavy (non-hydrogen) atoms. The van der Waals surface area contributed by atoms with Gasteiger partial charge in [0.15, 0.2) is 10.3 Å². The summed E-state index contributed by atoms with van der Waals surface area (Å²) in [6.07, 6.45) is 0.220. The largest absolute Gasteiger partial charge is 0.359 e. The van der Waals surface area contributed by atoms with Crippen molar-refractivity contribution < 1.29 is 9.59 Å². The Balaban J connectivity index is 1.32. The lowest BCUT2D eigenvalue weighted by atomic mass is 10.0. The van der Waals surface area contributed by atoms with E-state index in [0.717, 1.165) is 15.3 Å². The second kappa shape index (κ2) is 7.00. The number of fused-ring (bicyclic) bond motifs is 1. The Hall–Kier alpha value is -2.52. The molecule has 4 rings (SSSR count). The van der Waals surface area contributed by atoms with E-state index >= 15 is 0 Å². The highest BCUT2D eigenvalue weighted by Gasteiger charge is 2.34. The van der Waals surface area contributed by atoms with Gasteiger partial charge in [0.1, 0.15) is 0 Å². The molecule has 134 valence electrons. The molecule has 1 aliphatic rings. The fourth-order valence-corrected chi connectivity index (χ4v) is 4.40. The first-order valence-electron chi connectivity index (χ1n) is 8.19. The summed E-state index contributed by atoms with van der Waals surface area (Å²) in [5.74, 6) is -0.213. The Labute approximate surface area is 158 Å². The average Bonchev–Trinajstić information content (AvgIpc) is 3.19. The number of nitrogens with zero attached hydrogens (tertiary/aromatic N) is 3. The van der Waals surface area contributed by atoms with Gasteiger partial charge in [-0.1, -0.05) is 23.5 Å². The van der Waals surface area contributed by atoms with Crippen LogP contribution in [0, 0.1) is 5.92 Å². The number of aromatic nitrogens is 2. The Kier molecular flexibility index (Phi) is 4.56. The van der Waals surface area contributed by atoms with Crippen LogP contribution in [0.3, 0.4) is 0 Å². The number of thiazole rings is 2. The zero-order chi connectivity index (χ0) is 18.1. The van der Waals surface area contributed by atoms with Gasteiger partial charge in [0.05, 0.1) is 28.2 Å². The monoisotopic (exact) mass is 387 g/mol. The van der Waals surface area contributed by atoms with E-state index < -0.39 is 0 Å². The summed E-state index contributed by atoms with van der Waals surface area (Å²) in [5, 5.41) is 8.69. The van der Waals surface area contributed by atoms with E-state index in [9.17, 15) is 9.59 Å². The maximum atomic E-state index is 12.4. The third kappa shape index (κ3) is 3.40. The SMILES string of the molecule is CNC(=O)Cc1csc(NC(=O)C2CN(c3nc4ccccc4s3)C2)n1. The molecule has 2 aromatic heterocycles. The lowest BCUT2D eigenvalue weighted by molar-refractivity contribution is -0.121. The molecule has 2 amide bonds. The number of para-hydroxylation sites is 1. The van der Waals surface area contributed by atoms with Crippen molar-refractivity contribution in [1.82, 2.24) is 15.3 Å². The molecule has 1 saturated heterocycles. The standard InChI is InChI=1S/C17H17N5O2S2/c1-18-14(23)6-11-9-25-16(19-11)21-15(24)10-7-22(8-10)17-20-12-4-2-3-5-13(12)26-17/h2-5,9-10H,6-8H2,1H3,(H,18,23)(H,19,21,24). The van der Waals surface area contributed by atoms with Crippen molar-refractivity contribution in [3.05, 3.63) is 35.3 Å². The molecule has 0 aliphatic carbocycles. The molecular weight excluding hydrogens is 370 g/mol. The number of hydrogen-bond donors (Lipinski definition) is 2. The number of anilines is 2. The van der Waals surface area contributed by atoms with Crippen LogP contribution in [0.2, 0.25) is 0 Å². The first-order chi connectivity index (χ1) is 12.6. The second-order valence-electron chi connectivity index (χ2n) is 6.05. The van der Waals surface area contributed by atoms with E-state index in [1.807, 2.05) is 18.2 Å². The smallest absolute Gasteiger partial charge is 0.232 e. The number of carbonyl (C=O) groups excluding carboxylic acids is 2. The molecule has 0 unspecified atom stereocenters. The van der Waals surface area contributed by atoms with Crippen molar-refractivity contribution in [1.29, 1.82) is 0 Å². The number of rotatable bonds is 5. The van der Waals surface area contributed by atoms with E-state index in [-0.39, 0.29) is 24.2 Å². The van der Waals surface area contributed by atoms with Crippen LogP contribution in [0.1, 0.15) is 5.69 Å². The lowest BCUT2D eigenvalue weighted by Crippen LogP contribution is -2.52. The van der Waals surface area contributed by atoms with Gasteiger partial charge >= 0.3 is 0 Å². The molecule has 1 fully saturated rings. The highest BCUT2D eigenvalue weighted by molar-refractivity contribution is 7.22. The molecule has 0 saturated carbocycles. The summed E-state index contributed by atoms with van der Waals surface area (Å²) in [4.78, 5) is 34.8. The van der Waals surface area contributed by atoms with E-state index in [1.54, 1.807) is 23.8 Å². The minimum absolute atomic E-state index is 0.0387. The normalized spacial score (nSPS) is 14.3. The van der Waals surface area contributed by atoms with Gasteiger partial charge in [-0.25, -0.2) is 9.97 Å². The summed E-state index contributed by atoms with van der Waals surface area (Å²) in [6, 6.07) is 8.03. The third-order valence-corrected chi connectivity index (χ3v) is 6.11. The van der Waals surface area contributed by atoms with Crippen LogP contribution in [-0.2, 0) is 16.0 Å². The maximum Gasteiger partial charge on any atom is 0.232 e. The Morgan fingerprint density at radius 2 is 2.08 bits per heavy atom. The van der Waals surface area contributed by atoms with Gasteiger partial charge in [0, 0.05) is 25.5 Å². The number of carbonyl (C=O) groups is 2. The van der Waals surface area contributed by atoms with E-state index in [0.29, 0.717) is 23.9 Å². The van der Waals surface area contributed by atoms with Gasteiger partial charge in [-0.2, -0.15) is 0 Å². The quantitative estimate of drug-likeness (QED) is 0.700. The zero-order valence-corrected chi connectivity index (χ0v) is 15.7. The molecule has 0 spiro atoms. The van der Waals surface area contributed by atoms with E-state index in [2.05, 4.69) is 31.6 Å². The van der Waals surface area contributed by atoms with Crippen LogP contribution in [0.5, 0.6) is 0 Å². The van der Waals surface area contributed by atoms with Crippen LogP contribution in [-0.4, -0.2) is 41.9 Å². The topological polar surface area (TPSA) is 87.2 Å². The van der Waals surface area contributed by atoms with Crippen LogP contribution < -0.4 is 15.5 Å². The van der Waals surface area contributed by atoms with Gasteiger partial charge in [-0.15, -0.1) is 11.3 Å². The molecule has 7 nitrogen and oxygen atoms in total. The fourth-order valence-electron chi connectivity index (χ4n) is 2.70. The van der Waals surface area contributed by atoms with Crippen molar-refractivity contribution in [3.63, 3.8) is 0 Å². The first-order valence-corrected chi connectivity index (χ1v) is 9.88. The van der Waals surface area contributed by atoms with Gasteiger partial charge in [0.25, 0.3) is 0 Å². The predicted octanol–water partition coefficient (Wildman–Crippen LogP) is 2.12. The molecule has 0 radical (unpaired) electrons. The van der Waals surface area contributed by atoms with Crippen LogP contribution >= 0.6 is 22.7 Å². The van der Waals surface area contributed by atoms with Gasteiger partial charge in [0.2, 0.25) is 11.8 Å². The molecule has 0 bridgehead atoms. The fraction of sp³-hybridized carbons (Fsp3) is 0.294. The molecule has 2 N–H and O–H groups in total. The van der Waals surface area contributed by atoms with Crippen LogP contribution in [0.4, 0.5) is 10.3 Å². The highest BCUT2D eigenvalue weighted by atomic mass is 32.1. The summed E-state index contributed by atoms with van der Waals surface area (Å²) in [7, 11) is 1.59. The number of benzene rings is 1. The molecular formula is C17H17N5O2S2. The van der Waals surface area contributed by atoms with Gasteiger partial charge in [-0.05, 0) is 12.1 Å². The van der Waals surface area contributed by atoms with Crippen molar-refractivity contribution in [2.45, 2.75) is 6.42 Å². The minimum atomic E-state index is -0.0985. The molecule has 3 aromatic rings. The van der Waals surface area contributed by atoms with Gasteiger partial charge in [-0.3, -0.25) is 9.59 Å². The number of likely N-dealkylation sites (N-methyl/N-ethyl adjacent to an activating group) is 1. The molecule has 1 aromatic carbocycles. The highest BCUT2D eigenvalue weighted by Crippen LogP contribution is 2.33. The minimum Gasteiger partial charge on any atom is -0.359 e. The predicted molar refractivity (Wildman–Crippen MR) is 104 cm³/mol. The molecule has 1 aliphatic heterocycles. The third-order valence-electron chi connectivity index (χ3n) is 4.21. The molecule has 0 atom stereocenters. The number of amides is 2. The summed E-state index contributed by atoms with van der Waals surface area (Å²) >= 11 is 2.98. The maximum absolute atomic E-state index is 12.4. The van der Waals surface area contributed by atoms with Crippen molar-refractivity contribution in [3.8, 4) is 0 Å². The van der Waals surface area contributed by atoms with Gasteiger partial charge < -0.3 is 15.5 Å². The van der Waals surface area contributed by atoms with E-state index in [1.165, 1.54) is 11.3 Å². The van der Waals surface area contributed by atoms with Crippen molar-refractivity contribution >= 4 is 55.0 Å². The molecule has 9 heteroatoms. The van der Waals surface area contributed by atoms with E-state index in [4.69, 9.17) is 0 Å². The van der Waals surface area contributed by atoms with Crippen molar-refractivity contribution in [2.75, 3.05) is 30.4 Å². The average molecular weight is 387 g/mol. The van der Waals surface area contributed by atoms with Crippen LogP contribution in [0.15, 0.2) is 29.6 Å². The zero-order valence-electron chi connectivity index (χ0n) is 14.1. The summed E-state index contributed by atoms with van der Waals surface area (Å²) < 4.78 is 1.15. The number of hydrogen-bond acceptors (Lipinski definition) is 7. The first kappa shape index (κ1) is 16.9. The van der Waals surface area contributed by atoms with Crippen LogP contribution in [0.25, 0.3) is 10.2 Å². The Morgan fingerprint density at radius 1 is 1.27 bits per heavy atom.